The van der Waals surface area contributed by atoms with E-state index in [2.05, 4.69) is 42.7 Å². The number of aliphatic hydroxyl groups excluding tert-OH is 1. The molecule has 0 aliphatic carbocycles. The van der Waals surface area contributed by atoms with E-state index in [0.29, 0.717) is 57.3 Å². The highest BCUT2D eigenvalue weighted by Crippen LogP contribution is 2.33. The van der Waals surface area contributed by atoms with E-state index in [4.69, 9.17) is 11.6 Å². The summed E-state index contributed by atoms with van der Waals surface area (Å²) >= 11 is 7.38. The summed E-state index contributed by atoms with van der Waals surface area (Å²) in [5, 5.41) is 24.8. The Balaban J connectivity index is 1.32. The predicted molar refractivity (Wildman–Crippen MR) is 143 cm³/mol. The molecular weight excluding hydrogens is 517 g/mol. The molecule has 2 aromatic heterocycles. The van der Waals surface area contributed by atoms with E-state index in [0.717, 1.165) is 19.5 Å². The van der Waals surface area contributed by atoms with E-state index in [9.17, 15) is 14.3 Å². The molecule has 2 aliphatic rings. The molecule has 194 valence electrons. The number of likely N-dealkylation sites (N-methyl/N-ethyl adjacent to an activating group) is 1. The molecule has 2 aliphatic heterocycles. The number of rotatable bonds is 9. The van der Waals surface area contributed by atoms with Crippen molar-refractivity contribution in [2.45, 2.75) is 23.5 Å². The van der Waals surface area contributed by atoms with E-state index in [1.165, 1.54) is 30.0 Å². The van der Waals surface area contributed by atoms with Gasteiger partial charge in [-0.25, -0.2) is 9.37 Å². The summed E-state index contributed by atoms with van der Waals surface area (Å²) in [7, 11) is 2.13. The number of benzene rings is 1. The highest BCUT2D eigenvalue weighted by Gasteiger charge is 2.41. The summed E-state index contributed by atoms with van der Waals surface area (Å²) in [6.45, 7) is 2.20. The fourth-order valence-corrected chi connectivity index (χ4v) is 5.61. The van der Waals surface area contributed by atoms with Crippen LogP contribution >= 0.6 is 23.4 Å². The lowest BCUT2D eigenvalue weighted by molar-refractivity contribution is -0.117. The number of thioether (sulfide) groups is 1. The van der Waals surface area contributed by atoms with Crippen molar-refractivity contribution in [2.24, 2.45) is 0 Å². The molecular formula is C25H27ClFN7O2S. The van der Waals surface area contributed by atoms with Gasteiger partial charge in [-0.15, -0.1) is 22.0 Å². The molecule has 9 nitrogen and oxygen atoms in total. The monoisotopic (exact) mass is 543 g/mol. The quantitative estimate of drug-likeness (QED) is 0.350. The number of aromatic nitrogens is 3. The maximum absolute atomic E-state index is 14.5. The normalized spacial score (nSPS) is 19.4. The van der Waals surface area contributed by atoms with Crippen molar-refractivity contribution in [1.29, 1.82) is 0 Å². The van der Waals surface area contributed by atoms with Gasteiger partial charge in [0.15, 0.2) is 0 Å². The summed E-state index contributed by atoms with van der Waals surface area (Å²) in [6, 6.07) is 10.4. The Morgan fingerprint density at radius 1 is 1.22 bits per heavy atom. The molecule has 4 heterocycles. The molecule has 3 N–H and O–H groups in total. The van der Waals surface area contributed by atoms with Crippen LogP contribution in [-0.2, 0) is 4.79 Å². The van der Waals surface area contributed by atoms with Crippen molar-refractivity contribution in [2.75, 3.05) is 49.7 Å². The van der Waals surface area contributed by atoms with Gasteiger partial charge < -0.3 is 20.6 Å². The Kier molecular flexibility index (Phi) is 7.87. The number of nitrogens with one attached hydrogen (secondary N) is 2. The topological polar surface area (TPSA) is 107 Å². The minimum Gasteiger partial charge on any atom is -0.396 e. The van der Waals surface area contributed by atoms with Gasteiger partial charge in [-0.2, -0.15) is 0 Å². The molecule has 2 unspecified atom stereocenters. The minimum absolute atomic E-state index is 0.0309. The lowest BCUT2D eigenvalue weighted by Crippen LogP contribution is -2.47. The summed E-state index contributed by atoms with van der Waals surface area (Å²) in [4.78, 5) is 21.6. The molecule has 5 rings (SSSR count). The first-order valence-electron chi connectivity index (χ1n) is 11.9. The summed E-state index contributed by atoms with van der Waals surface area (Å²) in [5.74, 6) is 0.264. The first-order chi connectivity index (χ1) is 17.9. The fraction of sp³-hybridized carbons (Fsp3) is 0.360. The molecule has 1 amide bonds. The van der Waals surface area contributed by atoms with Gasteiger partial charge in [0, 0.05) is 59.5 Å². The van der Waals surface area contributed by atoms with E-state index in [-0.39, 0.29) is 18.1 Å². The number of anilines is 3. The Morgan fingerprint density at radius 2 is 2.08 bits per heavy atom. The first kappa shape index (κ1) is 25.8. The van der Waals surface area contributed by atoms with Gasteiger partial charge in [-0.3, -0.25) is 9.69 Å². The van der Waals surface area contributed by atoms with Gasteiger partial charge >= 0.3 is 0 Å². The smallest absolute Gasteiger partial charge is 0.239 e. The lowest BCUT2D eigenvalue weighted by atomic mass is 10.1. The van der Waals surface area contributed by atoms with Crippen LogP contribution in [0.3, 0.4) is 0 Å². The zero-order valence-corrected chi connectivity index (χ0v) is 21.8. The van der Waals surface area contributed by atoms with Crippen LogP contribution in [0, 0.1) is 5.82 Å². The number of amides is 1. The van der Waals surface area contributed by atoms with Gasteiger partial charge in [0.05, 0.1) is 24.5 Å². The second-order valence-electron chi connectivity index (χ2n) is 9.16. The summed E-state index contributed by atoms with van der Waals surface area (Å²) < 4.78 is 14.5. The fourth-order valence-electron chi connectivity index (χ4n) is 4.79. The van der Waals surface area contributed by atoms with Gasteiger partial charge in [-0.05, 0) is 43.8 Å². The maximum atomic E-state index is 14.5. The number of pyridine rings is 1. The van der Waals surface area contributed by atoms with E-state index in [1.54, 1.807) is 24.4 Å². The number of carbonyl (C=O) groups excluding carboxylic acids is 1. The number of carbonyl (C=O) groups is 1. The van der Waals surface area contributed by atoms with Crippen LogP contribution in [0.5, 0.6) is 0 Å². The van der Waals surface area contributed by atoms with Crippen molar-refractivity contribution in [3.63, 3.8) is 0 Å². The van der Waals surface area contributed by atoms with Crippen LogP contribution in [0.25, 0.3) is 11.3 Å². The maximum Gasteiger partial charge on any atom is 0.239 e. The second kappa shape index (κ2) is 11.3. The summed E-state index contributed by atoms with van der Waals surface area (Å²) in [6.07, 6.45) is 2.70. The number of likely N-dealkylation sites (tertiary alicyclic amines) is 2. The molecule has 3 aromatic rings. The van der Waals surface area contributed by atoms with Crippen LogP contribution in [0.4, 0.5) is 21.6 Å². The number of fused-ring (bicyclic) bond motifs is 2. The van der Waals surface area contributed by atoms with Crippen LogP contribution in [0.15, 0.2) is 47.6 Å². The zero-order chi connectivity index (χ0) is 25.9. The van der Waals surface area contributed by atoms with Gasteiger partial charge in [0.2, 0.25) is 5.91 Å². The predicted octanol–water partition coefficient (Wildman–Crippen LogP) is 3.49. The highest BCUT2D eigenvalue weighted by molar-refractivity contribution is 7.99. The third-order valence-electron chi connectivity index (χ3n) is 6.58. The van der Waals surface area contributed by atoms with Crippen molar-refractivity contribution in [3.05, 3.63) is 53.4 Å². The molecule has 2 atom stereocenters. The number of halogens is 2. The van der Waals surface area contributed by atoms with Crippen molar-refractivity contribution < 1.29 is 14.3 Å². The van der Waals surface area contributed by atoms with Crippen molar-refractivity contribution in [3.8, 4) is 11.3 Å². The molecule has 12 heteroatoms. The minimum atomic E-state index is -0.466. The Hall–Kier alpha value is -2.83. The van der Waals surface area contributed by atoms with Crippen molar-refractivity contribution >= 4 is 46.5 Å². The van der Waals surface area contributed by atoms with E-state index in [1.807, 2.05) is 0 Å². The number of nitrogens with zero attached hydrogens (tertiary/aromatic N) is 5. The van der Waals surface area contributed by atoms with Crippen LogP contribution in [0.1, 0.15) is 6.42 Å². The van der Waals surface area contributed by atoms with E-state index < -0.39 is 5.82 Å². The second-order valence-corrected chi connectivity index (χ2v) is 10.7. The van der Waals surface area contributed by atoms with Crippen LogP contribution < -0.4 is 10.6 Å². The molecule has 2 saturated heterocycles. The number of aliphatic hydroxyl groups is 1. The van der Waals surface area contributed by atoms with E-state index >= 15 is 0 Å². The number of hydrogen-bond acceptors (Lipinski definition) is 9. The van der Waals surface area contributed by atoms with Gasteiger partial charge in [-0.1, -0.05) is 11.6 Å². The zero-order valence-electron chi connectivity index (χ0n) is 20.2. The third-order valence-corrected chi connectivity index (χ3v) is 7.77. The average Bonchev–Trinajstić information content (AvgIpc) is 3.44. The molecule has 0 radical (unpaired) electrons. The third kappa shape index (κ3) is 6.02. The lowest BCUT2D eigenvalue weighted by Gasteiger charge is -2.31. The molecule has 0 spiro atoms. The standard InChI is InChI=1S/C25H27ClFN7O2S/c1-33-12-18-10-17(33)13-34(18)14-24(36)30-23-9-16(4-5-28-23)29-22-11-21(31-32-25(22)37-7-6-35)19-8-15(26)2-3-20(19)27/h2-5,8-9,11,17-18,35H,6-7,10,12-14H2,1H3,(H2,28,29,30,31,36). The first-order valence-corrected chi connectivity index (χ1v) is 13.3. The van der Waals surface area contributed by atoms with Crippen LogP contribution in [-0.4, -0.2) is 87.1 Å². The molecule has 37 heavy (non-hydrogen) atoms. The Bertz CT molecular complexity index is 1300. The Labute approximate surface area is 223 Å². The number of hydrogen-bond donors (Lipinski definition) is 3. The van der Waals surface area contributed by atoms with Gasteiger partial charge in [0.25, 0.3) is 0 Å². The number of piperazine rings is 1. The summed E-state index contributed by atoms with van der Waals surface area (Å²) in [5.41, 5.74) is 1.77. The Morgan fingerprint density at radius 3 is 2.84 bits per heavy atom. The molecule has 0 saturated carbocycles. The molecule has 2 fully saturated rings. The van der Waals surface area contributed by atoms with Gasteiger partial charge in [0.1, 0.15) is 16.7 Å². The average molecular weight is 544 g/mol. The van der Waals surface area contributed by atoms with Crippen LogP contribution in [0.2, 0.25) is 5.02 Å². The molecule has 2 bridgehead atoms. The molecule has 1 aromatic carbocycles. The SMILES string of the molecule is CN1CC2CC1CN2CC(=O)Nc1cc(Nc2cc(-c3cc(Cl)ccc3F)nnc2SCCO)ccn1. The highest BCUT2D eigenvalue weighted by atomic mass is 35.5. The largest absolute Gasteiger partial charge is 0.396 e. The van der Waals surface area contributed by atoms with Crippen molar-refractivity contribution in [1.82, 2.24) is 25.0 Å².